The van der Waals surface area contributed by atoms with Gasteiger partial charge in [-0.25, -0.2) is 0 Å². The summed E-state index contributed by atoms with van der Waals surface area (Å²) in [4.78, 5) is 9.77. The first kappa shape index (κ1) is 17.1. The first-order valence-corrected chi connectivity index (χ1v) is 9.10. The minimum Gasteiger partial charge on any atom is -0.302 e. The topological polar surface area (TPSA) is 19.4 Å². The van der Waals surface area contributed by atoms with E-state index in [-0.39, 0.29) is 0 Å². The van der Waals surface area contributed by atoms with E-state index in [1.807, 2.05) is 0 Å². The molecule has 1 aromatic carbocycles. The van der Waals surface area contributed by atoms with Crippen molar-refractivity contribution in [3.8, 4) is 0 Å². The fourth-order valence-electron chi connectivity index (χ4n) is 3.58. The molecule has 3 nitrogen and oxygen atoms in total. The Hall–Kier alpha value is -1.71. The van der Waals surface area contributed by atoms with Crippen LogP contribution in [0.2, 0.25) is 0 Å². The van der Waals surface area contributed by atoms with E-state index in [2.05, 4.69) is 77.3 Å². The number of piperidine rings is 1. The molecule has 1 saturated heterocycles. The van der Waals surface area contributed by atoms with Crippen LogP contribution < -0.4 is 0 Å². The van der Waals surface area contributed by atoms with E-state index >= 15 is 0 Å². The number of likely N-dealkylation sites (tertiary alicyclic amines) is 1. The molecule has 1 aliphatic rings. The molecule has 0 radical (unpaired) electrons. The number of hydrogen-bond acceptors (Lipinski definition) is 3. The molecule has 0 bridgehead atoms. The van der Waals surface area contributed by atoms with E-state index in [9.17, 15) is 0 Å². The zero-order valence-electron chi connectivity index (χ0n) is 15.0. The van der Waals surface area contributed by atoms with Crippen molar-refractivity contribution < 1.29 is 0 Å². The third-order valence-electron chi connectivity index (χ3n) is 5.03. The second-order valence-corrected chi connectivity index (χ2v) is 7.02. The minimum absolute atomic E-state index is 0.660. The highest BCUT2D eigenvalue weighted by Crippen LogP contribution is 2.17. The number of rotatable bonds is 6. The molecule has 128 valence electrons. The van der Waals surface area contributed by atoms with Gasteiger partial charge in [0, 0.05) is 31.4 Å². The normalized spacial score (nSPS) is 18.9. The van der Waals surface area contributed by atoms with Gasteiger partial charge in [0.15, 0.2) is 0 Å². The van der Waals surface area contributed by atoms with Gasteiger partial charge in [-0.2, -0.15) is 0 Å². The molecule has 1 fully saturated rings. The van der Waals surface area contributed by atoms with Crippen LogP contribution in [-0.2, 0) is 13.0 Å². The number of aryl methyl sites for hydroxylation is 1. The van der Waals surface area contributed by atoms with Crippen molar-refractivity contribution in [2.45, 2.75) is 38.8 Å². The van der Waals surface area contributed by atoms with Gasteiger partial charge in [0.1, 0.15) is 0 Å². The SMILES string of the molecule is Cc1cccc(CN2CCCC(N(C)CCc3ccccc3)C2)n1. The van der Waals surface area contributed by atoms with Gasteiger partial charge in [0.2, 0.25) is 0 Å². The summed E-state index contributed by atoms with van der Waals surface area (Å²) in [5.74, 6) is 0. The van der Waals surface area contributed by atoms with E-state index in [0.717, 1.165) is 31.7 Å². The average Bonchev–Trinajstić information content (AvgIpc) is 2.61. The van der Waals surface area contributed by atoms with Gasteiger partial charge in [0.05, 0.1) is 5.69 Å². The van der Waals surface area contributed by atoms with Crippen LogP contribution in [-0.4, -0.2) is 47.5 Å². The highest BCUT2D eigenvalue weighted by Gasteiger charge is 2.23. The third kappa shape index (κ3) is 4.89. The molecule has 2 aromatic rings. The Morgan fingerprint density at radius 1 is 1.12 bits per heavy atom. The van der Waals surface area contributed by atoms with Crippen LogP contribution in [0.5, 0.6) is 0 Å². The van der Waals surface area contributed by atoms with E-state index in [1.165, 1.54) is 30.6 Å². The lowest BCUT2D eigenvalue weighted by Gasteiger charge is -2.37. The van der Waals surface area contributed by atoms with Crippen LogP contribution in [0.1, 0.15) is 29.8 Å². The third-order valence-corrected chi connectivity index (χ3v) is 5.03. The molecule has 0 N–H and O–H groups in total. The summed E-state index contributed by atoms with van der Waals surface area (Å²) in [5.41, 5.74) is 3.74. The van der Waals surface area contributed by atoms with E-state index in [0.29, 0.717) is 6.04 Å². The van der Waals surface area contributed by atoms with Gasteiger partial charge >= 0.3 is 0 Å². The maximum absolute atomic E-state index is 4.66. The zero-order valence-corrected chi connectivity index (χ0v) is 15.0. The molecule has 0 amide bonds. The Balaban J connectivity index is 1.51. The van der Waals surface area contributed by atoms with Crippen molar-refractivity contribution in [3.05, 3.63) is 65.5 Å². The van der Waals surface area contributed by atoms with Crippen molar-refractivity contribution in [3.63, 3.8) is 0 Å². The Labute approximate surface area is 146 Å². The standard InChI is InChI=1S/C21H29N3/c1-18-8-6-11-20(22-18)16-24-14-7-12-21(17-24)23(2)15-13-19-9-4-3-5-10-19/h3-6,8-11,21H,7,12-17H2,1-2H3. The quantitative estimate of drug-likeness (QED) is 0.811. The van der Waals surface area contributed by atoms with Gasteiger partial charge < -0.3 is 4.90 Å². The van der Waals surface area contributed by atoms with Crippen LogP contribution in [0.4, 0.5) is 0 Å². The first-order valence-electron chi connectivity index (χ1n) is 9.10. The molecule has 0 saturated carbocycles. The highest BCUT2D eigenvalue weighted by atomic mass is 15.2. The summed E-state index contributed by atoms with van der Waals surface area (Å²) in [7, 11) is 2.28. The maximum Gasteiger partial charge on any atom is 0.0547 e. The lowest BCUT2D eigenvalue weighted by atomic mass is 10.0. The van der Waals surface area contributed by atoms with E-state index in [4.69, 9.17) is 0 Å². The van der Waals surface area contributed by atoms with E-state index < -0.39 is 0 Å². The largest absolute Gasteiger partial charge is 0.302 e. The fraction of sp³-hybridized carbons (Fsp3) is 0.476. The first-order chi connectivity index (χ1) is 11.7. The van der Waals surface area contributed by atoms with Gasteiger partial charge in [0.25, 0.3) is 0 Å². The molecule has 0 aliphatic carbocycles. The Morgan fingerprint density at radius 3 is 2.75 bits per heavy atom. The lowest BCUT2D eigenvalue weighted by molar-refractivity contribution is 0.111. The van der Waals surface area contributed by atoms with Crippen molar-refractivity contribution >= 4 is 0 Å². The average molecular weight is 323 g/mol. The second kappa shape index (κ2) is 8.41. The molecule has 1 aliphatic heterocycles. The number of pyridine rings is 1. The predicted octanol–water partition coefficient (Wildman–Crippen LogP) is 3.53. The minimum atomic E-state index is 0.660. The molecule has 2 heterocycles. The number of nitrogens with zero attached hydrogens (tertiary/aromatic N) is 3. The molecule has 3 heteroatoms. The molecular formula is C21H29N3. The fourth-order valence-corrected chi connectivity index (χ4v) is 3.58. The smallest absolute Gasteiger partial charge is 0.0547 e. The highest BCUT2D eigenvalue weighted by molar-refractivity contribution is 5.15. The van der Waals surface area contributed by atoms with Crippen molar-refractivity contribution in [1.82, 2.24) is 14.8 Å². The number of benzene rings is 1. The summed E-state index contributed by atoms with van der Waals surface area (Å²) < 4.78 is 0. The number of aromatic nitrogens is 1. The summed E-state index contributed by atoms with van der Waals surface area (Å²) in [5, 5.41) is 0. The van der Waals surface area contributed by atoms with Gasteiger partial charge in [-0.15, -0.1) is 0 Å². The summed E-state index contributed by atoms with van der Waals surface area (Å²) in [6, 6.07) is 17.8. The Kier molecular flexibility index (Phi) is 6.00. The van der Waals surface area contributed by atoms with E-state index in [1.54, 1.807) is 0 Å². The van der Waals surface area contributed by atoms with Crippen molar-refractivity contribution in [2.24, 2.45) is 0 Å². The monoisotopic (exact) mass is 323 g/mol. The molecule has 3 rings (SSSR count). The predicted molar refractivity (Wildman–Crippen MR) is 100 cm³/mol. The van der Waals surface area contributed by atoms with Crippen LogP contribution in [0, 0.1) is 6.92 Å². The summed E-state index contributed by atoms with van der Waals surface area (Å²) in [6.07, 6.45) is 3.72. The van der Waals surface area contributed by atoms with Gasteiger partial charge in [-0.05, 0) is 57.5 Å². The van der Waals surface area contributed by atoms with Crippen molar-refractivity contribution in [2.75, 3.05) is 26.7 Å². The van der Waals surface area contributed by atoms with Crippen LogP contribution in [0.25, 0.3) is 0 Å². The molecule has 1 unspecified atom stereocenters. The second-order valence-electron chi connectivity index (χ2n) is 7.02. The maximum atomic E-state index is 4.66. The molecule has 0 spiro atoms. The van der Waals surface area contributed by atoms with Crippen LogP contribution >= 0.6 is 0 Å². The number of likely N-dealkylation sites (N-methyl/N-ethyl adjacent to an activating group) is 1. The molecule has 1 aromatic heterocycles. The van der Waals surface area contributed by atoms with Crippen molar-refractivity contribution in [1.29, 1.82) is 0 Å². The zero-order chi connectivity index (χ0) is 16.8. The molecule has 1 atom stereocenters. The van der Waals surface area contributed by atoms with Gasteiger partial charge in [-0.1, -0.05) is 36.4 Å². The van der Waals surface area contributed by atoms with Gasteiger partial charge in [-0.3, -0.25) is 9.88 Å². The summed E-state index contributed by atoms with van der Waals surface area (Å²) >= 11 is 0. The Bertz CT molecular complexity index is 626. The summed E-state index contributed by atoms with van der Waals surface area (Å²) in [6.45, 7) is 6.52. The lowest BCUT2D eigenvalue weighted by Crippen LogP contribution is -2.46. The van der Waals surface area contributed by atoms with Crippen LogP contribution in [0.3, 0.4) is 0 Å². The number of hydrogen-bond donors (Lipinski definition) is 0. The molecular weight excluding hydrogens is 294 g/mol. The van der Waals surface area contributed by atoms with Crippen LogP contribution in [0.15, 0.2) is 48.5 Å². The molecule has 24 heavy (non-hydrogen) atoms. The Morgan fingerprint density at radius 2 is 1.96 bits per heavy atom.